The van der Waals surface area contributed by atoms with Crippen LogP contribution in [0, 0.1) is 19.8 Å². The fourth-order valence-electron chi connectivity index (χ4n) is 2.81. The molecule has 1 aromatic carbocycles. The van der Waals surface area contributed by atoms with Crippen molar-refractivity contribution in [3.05, 3.63) is 29.3 Å². The predicted molar refractivity (Wildman–Crippen MR) is 86.6 cm³/mol. The minimum absolute atomic E-state index is 0.447. The van der Waals surface area contributed by atoms with Crippen molar-refractivity contribution in [3.8, 4) is 0 Å². The highest BCUT2D eigenvalue weighted by molar-refractivity contribution is 7.90. The van der Waals surface area contributed by atoms with Gasteiger partial charge in [0.2, 0.25) is 0 Å². The van der Waals surface area contributed by atoms with Gasteiger partial charge in [0.05, 0.1) is 5.69 Å². The van der Waals surface area contributed by atoms with Crippen LogP contribution in [-0.2, 0) is 10.2 Å². The molecule has 0 radical (unpaired) electrons. The molecule has 1 heterocycles. The number of rotatable bonds is 4. The average Bonchev–Trinajstić information content (AvgIpc) is 2.45. The molecule has 5 nitrogen and oxygen atoms in total. The first-order chi connectivity index (χ1) is 9.84. The molecule has 118 valence electrons. The monoisotopic (exact) mass is 311 g/mol. The Balaban J connectivity index is 2.19. The van der Waals surface area contributed by atoms with Crippen molar-refractivity contribution < 1.29 is 8.42 Å². The van der Waals surface area contributed by atoms with Crippen molar-refractivity contribution in [2.24, 2.45) is 11.7 Å². The molecule has 1 fully saturated rings. The molecule has 0 aliphatic carbocycles. The van der Waals surface area contributed by atoms with E-state index in [1.807, 2.05) is 32.0 Å². The standard InChI is InChI=1S/C15H25N3O2S/c1-12-8-13(2)10-15(9-12)17(3)21(19,20)18-6-4-14(11-16)5-7-18/h8-10,14H,4-7,11,16H2,1-3H3. The Morgan fingerprint density at radius 2 is 1.71 bits per heavy atom. The fraction of sp³-hybridized carbons (Fsp3) is 0.600. The second-order valence-corrected chi connectivity index (χ2v) is 7.86. The largest absolute Gasteiger partial charge is 0.330 e. The van der Waals surface area contributed by atoms with Crippen LogP contribution in [0.15, 0.2) is 18.2 Å². The lowest BCUT2D eigenvalue weighted by Crippen LogP contribution is -2.46. The Kier molecular flexibility index (Phi) is 4.91. The maximum Gasteiger partial charge on any atom is 0.303 e. The molecule has 0 amide bonds. The number of piperidine rings is 1. The number of benzene rings is 1. The molecule has 21 heavy (non-hydrogen) atoms. The van der Waals surface area contributed by atoms with Gasteiger partial charge in [-0.2, -0.15) is 12.7 Å². The molecule has 0 unspecified atom stereocenters. The molecule has 2 rings (SSSR count). The topological polar surface area (TPSA) is 66.6 Å². The van der Waals surface area contributed by atoms with Crippen LogP contribution in [0.1, 0.15) is 24.0 Å². The molecule has 0 spiro atoms. The lowest BCUT2D eigenvalue weighted by Gasteiger charge is -2.34. The lowest BCUT2D eigenvalue weighted by molar-refractivity contribution is 0.278. The van der Waals surface area contributed by atoms with Crippen molar-refractivity contribution >= 4 is 15.9 Å². The zero-order valence-electron chi connectivity index (χ0n) is 13.0. The molecule has 1 aliphatic heterocycles. The summed E-state index contributed by atoms with van der Waals surface area (Å²) in [6.07, 6.45) is 1.69. The summed E-state index contributed by atoms with van der Waals surface area (Å²) in [7, 11) is -1.83. The number of nitrogens with two attached hydrogens (primary N) is 1. The van der Waals surface area contributed by atoms with Crippen LogP contribution in [0.2, 0.25) is 0 Å². The third-order valence-electron chi connectivity index (χ3n) is 4.15. The molecule has 0 saturated carbocycles. The highest BCUT2D eigenvalue weighted by atomic mass is 32.2. The van der Waals surface area contributed by atoms with Crippen LogP contribution < -0.4 is 10.0 Å². The van der Waals surface area contributed by atoms with Crippen LogP contribution in [0.5, 0.6) is 0 Å². The van der Waals surface area contributed by atoms with Gasteiger partial charge in [-0.25, -0.2) is 0 Å². The fourth-order valence-corrected chi connectivity index (χ4v) is 4.21. The van der Waals surface area contributed by atoms with Gasteiger partial charge in [0, 0.05) is 20.1 Å². The average molecular weight is 311 g/mol. The molecule has 2 N–H and O–H groups in total. The first kappa shape index (κ1) is 16.3. The predicted octanol–water partition coefficient (Wildman–Crippen LogP) is 1.66. The molecular formula is C15H25N3O2S. The van der Waals surface area contributed by atoms with E-state index in [-0.39, 0.29) is 0 Å². The van der Waals surface area contributed by atoms with Gasteiger partial charge in [-0.1, -0.05) is 6.07 Å². The quantitative estimate of drug-likeness (QED) is 0.919. The minimum atomic E-state index is -3.45. The SMILES string of the molecule is Cc1cc(C)cc(N(C)S(=O)(=O)N2CCC(CN)CC2)c1. The van der Waals surface area contributed by atoms with Crippen molar-refractivity contribution in [1.29, 1.82) is 0 Å². The van der Waals surface area contributed by atoms with Gasteiger partial charge < -0.3 is 5.73 Å². The van der Waals surface area contributed by atoms with Gasteiger partial charge >= 0.3 is 10.2 Å². The van der Waals surface area contributed by atoms with Crippen molar-refractivity contribution in [1.82, 2.24) is 4.31 Å². The van der Waals surface area contributed by atoms with Gasteiger partial charge in [0.15, 0.2) is 0 Å². The van der Waals surface area contributed by atoms with Gasteiger partial charge in [-0.05, 0) is 62.4 Å². The number of hydrogen-bond donors (Lipinski definition) is 1. The van der Waals surface area contributed by atoms with E-state index in [4.69, 9.17) is 5.73 Å². The molecule has 0 bridgehead atoms. The Morgan fingerprint density at radius 3 is 2.19 bits per heavy atom. The van der Waals surface area contributed by atoms with Crippen molar-refractivity contribution in [2.45, 2.75) is 26.7 Å². The van der Waals surface area contributed by atoms with E-state index >= 15 is 0 Å². The smallest absolute Gasteiger partial charge is 0.303 e. The molecule has 0 aromatic heterocycles. The van der Waals surface area contributed by atoms with E-state index in [1.54, 1.807) is 11.4 Å². The number of hydrogen-bond acceptors (Lipinski definition) is 3. The van der Waals surface area contributed by atoms with Crippen molar-refractivity contribution in [3.63, 3.8) is 0 Å². The summed E-state index contributed by atoms with van der Waals surface area (Å²) in [5, 5.41) is 0. The molecule has 1 aromatic rings. The lowest BCUT2D eigenvalue weighted by atomic mass is 9.99. The molecule has 1 aliphatic rings. The molecule has 0 atom stereocenters. The second-order valence-electron chi connectivity index (χ2n) is 5.90. The minimum Gasteiger partial charge on any atom is -0.330 e. The molecular weight excluding hydrogens is 286 g/mol. The number of aryl methyl sites for hydroxylation is 2. The number of anilines is 1. The Morgan fingerprint density at radius 1 is 1.19 bits per heavy atom. The third-order valence-corrected chi connectivity index (χ3v) is 6.07. The Bertz CT molecular complexity index is 573. The van der Waals surface area contributed by atoms with Gasteiger partial charge in [0.1, 0.15) is 0 Å². The highest BCUT2D eigenvalue weighted by Gasteiger charge is 2.31. The second kappa shape index (κ2) is 6.34. The van der Waals surface area contributed by atoms with Gasteiger partial charge in [-0.3, -0.25) is 4.31 Å². The maximum absolute atomic E-state index is 12.7. The van der Waals surface area contributed by atoms with Crippen LogP contribution in [-0.4, -0.2) is 39.4 Å². The maximum atomic E-state index is 12.7. The zero-order valence-corrected chi connectivity index (χ0v) is 13.9. The summed E-state index contributed by atoms with van der Waals surface area (Å²) in [6.45, 7) is 5.70. The number of nitrogens with zero attached hydrogens (tertiary/aromatic N) is 2. The first-order valence-electron chi connectivity index (χ1n) is 7.37. The van der Waals surface area contributed by atoms with Gasteiger partial charge in [0.25, 0.3) is 0 Å². The van der Waals surface area contributed by atoms with Crippen LogP contribution in [0.4, 0.5) is 5.69 Å². The molecule has 1 saturated heterocycles. The van der Waals surface area contributed by atoms with E-state index in [2.05, 4.69) is 0 Å². The van der Waals surface area contributed by atoms with E-state index in [0.717, 1.165) is 24.0 Å². The van der Waals surface area contributed by atoms with Crippen LogP contribution in [0.3, 0.4) is 0 Å². The normalized spacial score (nSPS) is 17.9. The Hall–Kier alpha value is -1.11. The van der Waals surface area contributed by atoms with E-state index in [0.29, 0.717) is 31.2 Å². The van der Waals surface area contributed by atoms with E-state index in [1.165, 1.54) is 4.31 Å². The van der Waals surface area contributed by atoms with E-state index < -0.39 is 10.2 Å². The summed E-state index contributed by atoms with van der Waals surface area (Å²) < 4.78 is 28.4. The van der Waals surface area contributed by atoms with E-state index in [9.17, 15) is 8.42 Å². The van der Waals surface area contributed by atoms with Crippen LogP contribution in [0.25, 0.3) is 0 Å². The first-order valence-corrected chi connectivity index (χ1v) is 8.76. The molecule has 6 heteroatoms. The van der Waals surface area contributed by atoms with Gasteiger partial charge in [-0.15, -0.1) is 0 Å². The Labute approximate surface area is 127 Å². The highest BCUT2D eigenvalue weighted by Crippen LogP contribution is 2.25. The van der Waals surface area contributed by atoms with Crippen LogP contribution >= 0.6 is 0 Å². The summed E-state index contributed by atoms with van der Waals surface area (Å²) in [6, 6.07) is 5.84. The third kappa shape index (κ3) is 3.56. The summed E-state index contributed by atoms with van der Waals surface area (Å²) >= 11 is 0. The summed E-state index contributed by atoms with van der Waals surface area (Å²) in [4.78, 5) is 0. The summed E-state index contributed by atoms with van der Waals surface area (Å²) in [5.41, 5.74) is 8.51. The van der Waals surface area contributed by atoms with Crippen molar-refractivity contribution in [2.75, 3.05) is 31.0 Å². The summed E-state index contributed by atoms with van der Waals surface area (Å²) in [5.74, 6) is 0.447. The zero-order chi connectivity index (χ0) is 15.6.